The molecule has 3 rings (SSSR count). The van der Waals surface area contributed by atoms with Gasteiger partial charge in [-0.1, -0.05) is 30.3 Å². The fraction of sp³-hybridized carbons (Fsp3) is 0.320. The molecule has 0 unspecified atom stereocenters. The van der Waals surface area contributed by atoms with E-state index in [4.69, 9.17) is 14.2 Å². The van der Waals surface area contributed by atoms with Crippen LogP contribution in [0.25, 0.3) is 10.8 Å². The lowest BCUT2D eigenvalue weighted by atomic mass is 10.0. The molecule has 2 amide bonds. The summed E-state index contributed by atoms with van der Waals surface area (Å²) in [5, 5.41) is 7.37. The monoisotopic (exact) mass is 451 g/mol. The number of amides is 2. The third-order valence-electron chi connectivity index (χ3n) is 4.55. The first-order chi connectivity index (χ1) is 15.7. The number of aromatic nitrogens is 1. The number of nitrogens with one attached hydrogen (secondary N) is 2. The number of ether oxygens (including phenoxy) is 3. The van der Waals surface area contributed by atoms with Crippen molar-refractivity contribution in [2.24, 2.45) is 0 Å². The Labute approximate surface area is 193 Å². The first-order valence-corrected chi connectivity index (χ1v) is 10.6. The number of benzene rings is 2. The fourth-order valence-corrected chi connectivity index (χ4v) is 3.05. The summed E-state index contributed by atoms with van der Waals surface area (Å²) < 4.78 is 15.7. The van der Waals surface area contributed by atoms with Crippen LogP contribution in [0.4, 0.5) is 10.5 Å². The van der Waals surface area contributed by atoms with Crippen LogP contribution in [0.5, 0.6) is 5.88 Å². The maximum Gasteiger partial charge on any atom is 0.412 e. The molecule has 0 saturated carbocycles. The molecular weight excluding hydrogens is 422 g/mol. The van der Waals surface area contributed by atoms with Crippen LogP contribution >= 0.6 is 0 Å². The van der Waals surface area contributed by atoms with Crippen LogP contribution in [-0.2, 0) is 16.0 Å². The molecule has 8 heteroatoms. The predicted molar refractivity (Wildman–Crippen MR) is 127 cm³/mol. The second-order valence-corrected chi connectivity index (χ2v) is 8.40. The van der Waals surface area contributed by atoms with Gasteiger partial charge in [0.1, 0.15) is 12.2 Å². The second kappa shape index (κ2) is 10.8. The summed E-state index contributed by atoms with van der Waals surface area (Å²) in [6, 6.07) is 14.7. The van der Waals surface area contributed by atoms with Crippen LogP contribution in [0.3, 0.4) is 0 Å². The van der Waals surface area contributed by atoms with Gasteiger partial charge < -0.3 is 19.5 Å². The van der Waals surface area contributed by atoms with Gasteiger partial charge in [-0.25, -0.2) is 9.78 Å². The Balaban J connectivity index is 1.74. The van der Waals surface area contributed by atoms with Crippen LogP contribution in [0.15, 0.2) is 54.7 Å². The maximum absolute atomic E-state index is 13.0. The van der Waals surface area contributed by atoms with Crippen molar-refractivity contribution in [1.29, 1.82) is 0 Å². The van der Waals surface area contributed by atoms with E-state index in [0.29, 0.717) is 30.3 Å². The highest BCUT2D eigenvalue weighted by molar-refractivity contribution is 6.07. The summed E-state index contributed by atoms with van der Waals surface area (Å²) in [7, 11) is 1.60. The Kier molecular flexibility index (Phi) is 7.84. The van der Waals surface area contributed by atoms with E-state index in [9.17, 15) is 9.59 Å². The molecule has 0 saturated heterocycles. The summed E-state index contributed by atoms with van der Waals surface area (Å²) in [5.41, 5.74) is 0.868. The number of pyridine rings is 1. The van der Waals surface area contributed by atoms with Crippen molar-refractivity contribution < 1.29 is 23.8 Å². The molecule has 0 atom stereocenters. The smallest absolute Gasteiger partial charge is 0.412 e. The topological polar surface area (TPSA) is 98.8 Å². The summed E-state index contributed by atoms with van der Waals surface area (Å²) in [6.07, 6.45) is 1.02. The van der Waals surface area contributed by atoms with Crippen LogP contribution in [0.1, 0.15) is 36.7 Å². The Bertz CT molecular complexity index is 1110. The Morgan fingerprint density at radius 1 is 1.00 bits per heavy atom. The minimum atomic E-state index is -0.657. The first-order valence-electron chi connectivity index (χ1n) is 10.6. The van der Waals surface area contributed by atoms with Crippen LogP contribution in [0.2, 0.25) is 0 Å². The van der Waals surface area contributed by atoms with Gasteiger partial charge in [-0.3, -0.25) is 10.1 Å². The summed E-state index contributed by atoms with van der Waals surface area (Å²) in [6.45, 7) is 6.50. The highest BCUT2D eigenvalue weighted by Gasteiger charge is 2.20. The zero-order valence-corrected chi connectivity index (χ0v) is 19.3. The molecule has 33 heavy (non-hydrogen) atoms. The number of nitrogens with zero attached hydrogens (tertiary/aromatic N) is 1. The largest absolute Gasteiger partial charge is 0.475 e. The summed E-state index contributed by atoms with van der Waals surface area (Å²) in [4.78, 5) is 29.6. The molecule has 2 N–H and O–H groups in total. The number of carbonyl (C=O) groups is 2. The van der Waals surface area contributed by atoms with Crippen molar-refractivity contribution in [2.75, 3.05) is 25.6 Å². The number of rotatable bonds is 8. The second-order valence-electron chi connectivity index (χ2n) is 8.40. The zero-order chi connectivity index (χ0) is 23.8. The van der Waals surface area contributed by atoms with Gasteiger partial charge in [0.2, 0.25) is 5.88 Å². The van der Waals surface area contributed by atoms with Crippen molar-refractivity contribution in [3.05, 3.63) is 65.9 Å². The number of carbonyl (C=O) groups excluding carboxylic acids is 2. The van der Waals surface area contributed by atoms with Crippen molar-refractivity contribution in [3.8, 4) is 5.88 Å². The summed E-state index contributed by atoms with van der Waals surface area (Å²) in [5.74, 6) is 0.160. The number of hydrogen-bond acceptors (Lipinski definition) is 6. The zero-order valence-electron chi connectivity index (χ0n) is 19.3. The molecule has 3 aromatic rings. The SMILES string of the molecule is COCCOc1ccc(CNC(=O)c2cc3ccccc3cc2NC(=O)OC(C)(C)C)cn1. The Hall–Kier alpha value is -3.65. The van der Waals surface area contributed by atoms with E-state index in [-0.39, 0.29) is 12.5 Å². The Morgan fingerprint density at radius 2 is 1.73 bits per heavy atom. The molecule has 1 aromatic heterocycles. The highest BCUT2D eigenvalue weighted by Crippen LogP contribution is 2.25. The van der Waals surface area contributed by atoms with E-state index < -0.39 is 11.7 Å². The van der Waals surface area contributed by atoms with E-state index in [0.717, 1.165) is 16.3 Å². The molecule has 0 aliphatic rings. The molecule has 0 bridgehead atoms. The maximum atomic E-state index is 13.0. The average molecular weight is 452 g/mol. The van der Waals surface area contributed by atoms with Crippen LogP contribution < -0.4 is 15.4 Å². The molecular formula is C25H29N3O5. The average Bonchev–Trinajstić information content (AvgIpc) is 2.76. The molecule has 174 valence electrons. The van der Waals surface area contributed by atoms with E-state index in [1.165, 1.54) is 0 Å². The minimum Gasteiger partial charge on any atom is -0.475 e. The number of fused-ring (bicyclic) bond motifs is 1. The number of anilines is 1. The van der Waals surface area contributed by atoms with Crippen molar-refractivity contribution in [1.82, 2.24) is 10.3 Å². The number of hydrogen-bond donors (Lipinski definition) is 2. The van der Waals surface area contributed by atoms with Gasteiger partial charge in [-0.2, -0.15) is 0 Å². The highest BCUT2D eigenvalue weighted by atomic mass is 16.6. The van der Waals surface area contributed by atoms with Gasteiger partial charge in [-0.15, -0.1) is 0 Å². The Morgan fingerprint density at radius 3 is 2.36 bits per heavy atom. The lowest BCUT2D eigenvalue weighted by molar-refractivity contribution is 0.0636. The molecule has 0 fully saturated rings. The van der Waals surface area contributed by atoms with Crippen LogP contribution in [0, 0.1) is 0 Å². The predicted octanol–water partition coefficient (Wildman–Crippen LogP) is 4.54. The molecule has 8 nitrogen and oxygen atoms in total. The molecule has 0 radical (unpaired) electrons. The van der Waals surface area contributed by atoms with E-state index in [2.05, 4.69) is 15.6 Å². The standard InChI is InChI=1S/C25H29N3O5/c1-25(2,3)33-24(30)28-21-14-19-8-6-5-7-18(19)13-20(21)23(29)27-16-17-9-10-22(26-15-17)32-12-11-31-4/h5-10,13-15H,11-12,16H2,1-4H3,(H,27,29)(H,28,30). The molecule has 0 aliphatic heterocycles. The molecule has 2 aromatic carbocycles. The van der Waals surface area contributed by atoms with Crippen molar-refractivity contribution in [2.45, 2.75) is 32.9 Å². The molecule has 0 spiro atoms. The van der Waals surface area contributed by atoms with Gasteiger partial charge in [0, 0.05) is 25.9 Å². The van der Waals surface area contributed by atoms with Gasteiger partial charge in [0.15, 0.2) is 0 Å². The summed E-state index contributed by atoms with van der Waals surface area (Å²) >= 11 is 0. The van der Waals surface area contributed by atoms with Crippen molar-refractivity contribution in [3.63, 3.8) is 0 Å². The van der Waals surface area contributed by atoms with E-state index in [1.54, 1.807) is 52.3 Å². The van der Waals surface area contributed by atoms with Gasteiger partial charge in [-0.05, 0) is 49.2 Å². The molecule has 1 heterocycles. The fourth-order valence-electron chi connectivity index (χ4n) is 3.05. The molecule has 0 aliphatic carbocycles. The minimum absolute atomic E-state index is 0.267. The van der Waals surface area contributed by atoms with Gasteiger partial charge in [0.25, 0.3) is 5.91 Å². The number of methoxy groups -OCH3 is 1. The lowest BCUT2D eigenvalue weighted by Crippen LogP contribution is -2.29. The van der Waals surface area contributed by atoms with Crippen molar-refractivity contribution >= 4 is 28.5 Å². The third kappa shape index (κ3) is 7.18. The van der Waals surface area contributed by atoms with Gasteiger partial charge >= 0.3 is 6.09 Å². The van der Waals surface area contributed by atoms with Crippen LogP contribution in [-0.4, -0.2) is 42.9 Å². The van der Waals surface area contributed by atoms with Gasteiger partial charge in [0.05, 0.1) is 17.9 Å². The normalized spacial score (nSPS) is 11.2. The van der Waals surface area contributed by atoms with E-state index in [1.807, 2.05) is 30.3 Å². The third-order valence-corrected chi connectivity index (χ3v) is 4.55. The lowest BCUT2D eigenvalue weighted by Gasteiger charge is -2.20. The first kappa shape index (κ1) is 24.0. The quantitative estimate of drug-likeness (QED) is 0.488. The van der Waals surface area contributed by atoms with E-state index >= 15 is 0 Å².